The Labute approximate surface area is 166 Å². The molecule has 0 aromatic rings. The minimum atomic E-state index is -0.944. The second-order valence-corrected chi connectivity index (χ2v) is 8.95. The highest BCUT2D eigenvalue weighted by Crippen LogP contribution is 2.42. The van der Waals surface area contributed by atoms with E-state index in [4.69, 9.17) is 14.2 Å². The van der Waals surface area contributed by atoms with Gasteiger partial charge in [-0.3, -0.25) is 4.79 Å². The van der Waals surface area contributed by atoms with Crippen LogP contribution in [0.5, 0.6) is 0 Å². The van der Waals surface area contributed by atoms with Gasteiger partial charge in [-0.2, -0.15) is 0 Å². The zero-order valence-corrected chi connectivity index (χ0v) is 17.3. The molecule has 0 saturated carbocycles. The first-order valence-corrected chi connectivity index (χ1v) is 10.2. The summed E-state index contributed by atoms with van der Waals surface area (Å²) in [4.78, 5) is 24.4. The summed E-state index contributed by atoms with van der Waals surface area (Å²) in [6.45, 7) is 11.1. The van der Waals surface area contributed by atoms with E-state index in [1.165, 1.54) is 6.92 Å². The second kappa shape index (κ2) is 7.64. The molecule has 3 rings (SSSR count). The molecule has 0 aliphatic carbocycles. The first-order valence-electron chi connectivity index (χ1n) is 10.2. The molecule has 3 heterocycles. The van der Waals surface area contributed by atoms with Crippen molar-refractivity contribution in [3.05, 3.63) is 23.8 Å². The van der Waals surface area contributed by atoms with Crippen LogP contribution in [0.3, 0.4) is 0 Å². The lowest BCUT2D eigenvalue weighted by Crippen LogP contribution is -2.45. The third kappa shape index (κ3) is 4.03. The lowest BCUT2D eigenvalue weighted by atomic mass is 9.81. The zero-order valence-electron chi connectivity index (χ0n) is 17.3. The molecule has 3 aliphatic rings. The fraction of sp³-hybridized carbons (Fsp3) is 0.727. The topological polar surface area (TPSA) is 82.1 Å². The van der Waals surface area contributed by atoms with Crippen LogP contribution in [0, 0.1) is 5.92 Å². The van der Waals surface area contributed by atoms with E-state index < -0.39 is 35.3 Å². The molecular weight excluding hydrogens is 360 g/mol. The fourth-order valence-corrected chi connectivity index (χ4v) is 4.61. The van der Waals surface area contributed by atoms with E-state index in [-0.39, 0.29) is 12.0 Å². The zero-order chi connectivity index (χ0) is 20.7. The maximum atomic E-state index is 12.7. The number of fused-ring (bicyclic) bond motifs is 5. The van der Waals surface area contributed by atoms with Crippen LogP contribution in [0.1, 0.15) is 66.2 Å². The molecule has 0 aromatic heterocycles. The van der Waals surface area contributed by atoms with Crippen molar-refractivity contribution in [2.24, 2.45) is 5.92 Å². The molecule has 0 amide bonds. The normalized spacial score (nSPS) is 43.7. The maximum absolute atomic E-state index is 12.7. The van der Waals surface area contributed by atoms with E-state index in [0.717, 1.165) is 18.4 Å². The summed E-state index contributed by atoms with van der Waals surface area (Å²) < 4.78 is 17.6. The SMILES string of the molecule is C=C1C(=O)O[C@@]2(C)CC[C@H]1C[C@H](O)[C@@]1(C)CC[C@@H](O1)/C(C)=C\C[C@H]2OC(C)=O. The Bertz CT molecular complexity index is 697. The lowest BCUT2D eigenvalue weighted by Gasteiger charge is -2.35. The van der Waals surface area contributed by atoms with E-state index in [1.807, 2.05) is 26.8 Å². The van der Waals surface area contributed by atoms with Gasteiger partial charge in [0.1, 0.15) is 11.7 Å². The molecule has 0 unspecified atom stereocenters. The van der Waals surface area contributed by atoms with Crippen LogP contribution in [-0.4, -0.2) is 46.6 Å². The third-order valence-corrected chi connectivity index (χ3v) is 6.75. The molecule has 6 heteroatoms. The number of esters is 2. The summed E-state index contributed by atoms with van der Waals surface area (Å²) >= 11 is 0. The summed E-state index contributed by atoms with van der Waals surface area (Å²) in [6, 6.07) is 0. The van der Waals surface area contributed by atoms with Crippen molar-refractivity contribution in [1.82, 2.24) is 0 Å². The van der Waals surface area contributed by atoms with Crippen LogP contribution in [0.25, 0.3) is 0 Å². The molecule has 2 fully saturated rings. The highest BCUT2D eigenvalue weighted by Gasteiger charge is 2.47. The van der Waals surface area contributed by atoms with Gasteiger partial charge >= 0.3 is 11.9 Å². The number of carbonyl (C=O) groups excluding carboxylic acids is 2. The Morgan fingerprint density at radius 2 is 1.96 bits per heavy atom. The molecule has 4 bridgehead atoms. The van der Waals surface area contributed by atoms with Crippen molar-refractivity contribution in [3.63, 3.8) is 0 Å². The molecule has 3 aliphatic heterocycles. The van der Waals surface area contributed by atoms with Gasteiger partial charge in [0.15, 0.2) is 0 Å². The van der Waals surface area contributed by atoms with Gasteiger partial charge in [-0.15, -0.1) is 0 Å². The van der Waals surface area contributed by atoms with E-state index in [2.05, 4.69) is 6.58 Å². The molecular formula is C22H32O6. The van der Waals surface area contributed by atoms with Crippen LogP contribution in [0.2, 0.25) is 0 Å². The van der Waals surface area contributed by atoms with E-state index >= 15 is 0 Å². The highest BCUT2D eigenvalue weighted by molar-refractivity contribution is 5.89. The van der Waals surface area contributed by atoms with Gasteiger partial charge in [0.2, 0.25) is 0 Å². The number of hydrogen-bond donors (Lipinski definition) is 1. The summed E-state index contributed by atoms with van der Waals surface area (Å²) in [6.07, 6.45) is 4.20. The van der Waals surface area contributed by atoms with Gasteiger partial charge in [-0.05, 0) is 64.4 Å². The van der Waals surface area contributed by atoms with E-state index in [1.54, 1.807) is 0 Å². The van der Waals surface area contributed by atoms with Crippen molar-refractivity contribution in [2.45, 2.75) is 95.7 Å². The van der Waals surface area contributed by atoms with Crippen LogP contribution in [0.4, 0.5) is 0 Å². The lowest BCUT2D eigenvalue weighted by molar-refractivity contribution is -0.179. The number of rotatable bonds is 1. The summed E-state index contributed by atoms with van der Waals surface area (Å²) in [5, 5.41) is 10.9. The van der Waals surface area contributed by atoms with E-state index in [0.29, 0.717) is 31.3 Å². The van der Waals surface area contributed by atoms with Crippen LogP contribution < -0.4 is 0 Å². The van der Waals surface area contributed by atoms with Gasteiger partial charge in [0.05, 0.1) is 17.8 Å². The largest absolute Gasteiger partial charge is 0.458 e. The van der Waals surface area contributed by atoms with Crippen molar-refractivity contribution < 1.29 is 28.9 Å². The van der Waals surface area contributed by atoms with Crippen molar-refractivity contribution in [3.8, 4) is 0 Å². The molecule has 0 radical (unpaired) electrons. The smallest absolute Gasteiger partial charge is 0.334 e. The second-order valence-electron chi connectivity index (χ2n) is 8.95. The highest BCUT2D eigenvalue weighted by atomic mass is 16.6. The average Bonchev–Trinajstić information content (AvgIpc) is 2.99. The maximum Gasteiger partial charge on any atom is 0.334 e. The van der Waals surface area contributed by atoms with Crippen LogP contribution >= 0.6 is 0 Å². The monoisotopic (exact) mass is 392 g/mol. The molecule has 0 spiro atoms. The Balaban J connectivity index is 2.01. The molecule has 0 aromatic carbocycles. The molecule has 28 heavy (non-hydrogen) atoms. The predicted octanol–water partition coefficient (Wildman–Crippen LogP) is 3.22. The van der Waals surface area contributed by atoms with Crippen molar-refractivity contribution in [1.29, 1.82) is 0 Å². The predicted molar refractivity (Wildman–Crippen MR) is 103 cm³/mol. The van der Waals surface area contributed by atoms with Gasteiger partial charge in [0.25, 0.3) is 0 Å². The van der Waals surface area contributed by atoms with E-state index in [9.17, 15) is 14.7 Å². The van der Waals surface area contributed by atoms with Crippen molar-refractivity contribution >= 4 is 11.9 Å². The van der Waals surface area contributed by atoms with Gasteiger partial charge in [0, 0.05) is 18.9 Å². The van der Waals surface area contributed by atoms with Gasteiger partial charge in [-0.1, -0.05) is 12.7 Å². The Kier molecular flexibility index (Phi) is 5.74. The number of aliphatic hydroxyl groups excluding tert-OH is 1. The average molecular weight is 392 g/mol. The van der Waals surface area contributed by atoms with Gasteiger partial charge < -0.3 is 19.3 Å². The van der Waals surface area contributed by atoms with Crippen LogP contribution in [-0.2, 0) is 23.8 Å². The molecule has 1 N–H and O–H groups in total. The summed E-state index contributed by atoms with van der Waals surface area (Å²) in [5.41, 5.74) is -0.187. The molecule has 6 atom stereocenters. The summed E-state index contributed by atoms with van der Waals surface area (Å²) in [5.74, 6) is -1.09. The Morgan fingerprint density at radius 1 is 1.29 bits per heavy atom. The molecule has 6 nitrogen and oxygen atoms in total. The summed E-state index contributed by atoms with van der Waals surface area (Å²) in [7, 11) is 0. The molecule has 156 valence electrons. The van der Waals surface area contributed by atoms with Crippen molar-refractivity contribution in [2.75, 3.05) is 0 Å². The standard InChI is InChI=1S/C22H32O6/c1-13-6-7-19(26-15(3)23)22(5)10-8-16(14(2)20(25)28-22)12-18(24)21(4)11-9-17(13)27-21/h6,16-19,24H,2,7-12H2,1,3-5H3/b13-6-/t16-,17+,18-,19+,21+,22-/m0/s1. The quantitative estimate of drug-likeness (QED) is 0.419. The number of hydrogen-bond acceptors (Lipinski definition) is 6. The number of ether oxygens (including phenoxy) is 3. The third-order valence-electron chi connectivity index (χ3n) is 6.75. The fourth-order valence-electron chi connectivity index (χ4n) is 4.61. The number of carbonyl (C=O) groups is 2. The number of aliphatic hydroxyl groups is 1. The Hall–Kier alpha value is -1.66. The molecule has 2 saturated heterocycles. The van der Waals surface area contributed by atoms with Crippen LogP contribution in [0.15, 0.2) is 23.8 Å². The first kappa shape index (κ1) is 21.1. The van der Waals surface area contributed by atoms with Gasteiger partial charge in [-0.25, -0.2) is 4.79 Å². The first-order chi connectivity index (χ1) is 13.0. The Morgan fingerprint density at radius 3 is 2.64 bits per heavy atom. The minimum Gasteiger partial charge on any atom is -0.458 e. The minimum absolute atomic E-state index is 0.0724.